The van der Waals surface area contributed by atoms with Gasteiger partial charge < -0.3 is 14.0 Å². The maximum absolute atomic E-state index is 13.5. The molecule has 1 aliphatic heterocycles. The number of rotatable bonds is 6. The fourth-order valence-electron chi connectivity index (χ4n) is 4.45. The minimum atomic E-state index is 0.0637. The van der Waals surface area contributed by atoms with E-state index in [1.165, 1.54) is 18.4 Å². The van der Waals surface area contributed by atoms with Crippen molar-refractivity contribution in [2.75, 3.05) is 27.2 Å². The molecule has 0 spiro atoms. The second-order valence-corrected chi connectivity index (χ2v) is 8.91. The Balaban J connectivity index is 1.65. The van der Waals surface area contributed by atoms with Crippen molar-refractivity contribution >= 4 is 11.6 Å². The van der Waals surface area contributed by atoms with Gasteiger partial charge >= 0.3 is 0 Å². The molecular formula is C26H34N4O2. The molecular weight excluding hydrogens is 400 g/mol. The smallest absolute Gasteiger partial charge is 0.274 e. The minimum Gasteiger partial charge on any atom is -0.497 e. The number of benzene rings is 1. The van der Waals surface area contributed by atoms with Gasteiger partial charge in [-0.25, -0.2) is 4.98 Å². The van der Waals surface area contributed by atoms with Gasteiger partial charge in [0.05, 0.1) is 12.8 Å². The third-order valence-electron chi connectivity index (χ3n) is 6.63. The van der Waals surface area contributed by atoms with E-state index >= 15 is 0 Å². The van der Waals surface area contributed by atoms with Gasteiger partial charge in [-0.05, 0) is 69.1 Å². The maximum Gasteiger partial charge on any atom is 0.274 e. The number of carbonyl (C=O) groups excluding carboxylic acids is 1. The molecule has 0 bridgehead atoms. The molecule has 1 fully saturated rings. The molecule has 0 radical (unpaired) electrons. The van der Waals surface area contributed by atoms with Crippen LogP contribution in [0.5, 0.6) is 5.75 Å². The van der Waals surface area contributed by atoms with Gasteiger partial charge in [-0.15, -0.1) is 0 Å². The van der Waals surface area contributed by atoms with Crippen LogP contribution < -0.4 is 4.74 Å². The van der Waals surface area contributed by atoms with Gasteiger partial charge in [-0.3, -0.25) is 9.69 Å². The lowest BCUT2D eigenvalue weighted by molar-refractivity contribution is 0.0753. The summed E-state index contributed by atoms with van der Waals surface area (Å²) in [5.41, 5.74) is 4.73. The number of methoxy groups -OCH3 is 1. The highest BCUT2D eigenvalue weighted by molar-refractivity contribution is 5.94. The highest BCUT2D eigenvalue weighted by atomic mass is 16.5. The van der Waals surface area contributed by atoms with E-state index in [4.69, 9.17) is 9.72 Å². The third-order valence-corrected chi connectivity index (χ3v) is 6.63. The van der Waals surface area contributed by atoms with Crippen LogP contribution in [0.1, 0.15) is 66.0 Å². The normalized spacial score (nSPS) is 15.7. The average Bonchev–Trinajstić information content (AvgIpc) is 2.97. The van der Waals surface area contributed by atoms with E-state index in [9.17, 15) is 4.79 Å². The monoisotopic (exact) mass is 434 g/mol. The summed E-state index contributed by atoms with van der Waals surface area (Å²) < 4.78 is 7.37. The summed E-state index contributed by atoms with van der Waals surface area (Å²) in [6.07, 6.45) is 6.58. The Hall–Kier alpha value is -2.86. The van der Waals surface area contributed by atoms with Gasteiger partial charge in [0.15, 0.2) is 5.69 Å². The van der Waals surface area contributed by atoms with Crippen LogP contribution in [0.4, 0.5) is 0 Å². The zero-order chi connectivity index (χ0) is 22.7. The van der Waals surface area contributed by atoms with E-state index in [1.807, 2.05) is 23.2 Å². The number of ether oxygens (including phenoxy) is 1. The number of likely N-dealkylation sites (tertiary alicyclic amines) is 1. The molecule has 1 aliphatic rings. The highest BCUT2D eigenvalue weighted by Gasteiger charge is 2.26. The second-order valence-electron chi connectivity index (χ2n) is 8.91. The summed E-state index contributed by atoms with van der Waals surface area (Å²) >= 11 is 0. The molecule has 6 nitrogen and oxygen atoms in total. The predicted octanol–water partition coefficient (Wildman–Crippen LogP) is 4.86. The number of pyridine rings is 1. The molecule has 1 aromatic carbocycles. The van der Waals surface area contributed by atoms with Gasteiger partial charge in [0.2, 0.25) is 0 Å². The molecule has 0 saturated carbocycles. The first-order chi connectivity index (χ1) is 15.5. The minimum absolute atomic E-state index is 0.0637. The van der Waals surface area contributed by atoms with Gasteiger partial charge in [0.1, 0.15) is 11.4 Å². The fraction of sp³-hybridized carbons (Fsp3) is 0.462. The van der Waals surface area contributed by atoms with Crippen LogP contribution >= 0.6 is 0 Å². The van der Waals surface area contributed by atoms with Crippen LogP contribution in [-0.4, -0.2) is 52.3 Å². The van der Waals surface area contributed by atoms with Crippen LogP contribution in [0.2, 0.25) is 0 Å². The topological polar surface area (TPSA) is 50.1 Å². The molecule has 3 heterocycles. The van der Waals surface area contributed by atoms with Crippen LogP contribution in [0, 0.1) is 6.92 Å². The SMILES string of the molecule is COc1ccc([C@H](C)N(C)Cc2c(C(=O)N3CCCCCC3)nc3cc(C)ccn23)cc1. The van der Waals surface area contributed by atoms with E-state index in [-0.39, 0.29) is 11.9 Å². The molecule has 3 aromatic rings. The van der Waals surface area contributed by atoms with Crippen molar-refractivity contribution in [2.45, 2.75) is 52.1 Å². The van der Waals surface area contributed by atoms with Crippen LogP contribution in [0.3, 0.4) is 0 Å². The molecule has 170 valence electrons. The average molecular weight is 435 g/mol. The standard InChI is InChI=1S/C26H34N4O2/c1-19-13-16-30-23(18-28(3)20(2)21-9-11-22(32-4)12-10-21)25(27-24(30)17-19)26(31)29-14-7-5-6-8-15-29/h9-13,16-17,20H,5-8,14-15,18H2,1-4H3/t20-/m0/s1. The summed E-state index contributed by atoms with van der Waals surface area (Å²) in [6, 6.07) is 12.5. The van der Waals surface area contributed by atoms with Gasteiger partial charge in [0, 0.05) is 31.9 Å². The third kappa shape index (κ3) is 4.65. The fourth-order valence-corrected chi connectivity index (χ4v) is 4.45. The first-order valence-electron chi connectivity index (χ1n) is 11.6. The van der Waals surface area contributed by atoms with E-state index in [1.54, 1.807) is 7.11 Å². The lowest BCUT2D eigenvalue weighted by atomic mass is 10.1. The summed E-state index contributed by atoms with van der Waals surface area (Å²) in [7, 11) is 3.78. The molecule has 0 N–H and O–H groups in total. The van der Waals surface area contributed by atoms with Gasteiger partial charge in [0.25, 0.3) is 5.91 Å². The lowest BCUT2D eigenvalue weighted by Gasteiger charge is -2.26. The number of hydrogen-bond donors (Lipinski definition) is 0. The number of hydrogen-bond acceptors (Lipinski definition) is 4. The van der Waals surface area contributed by atoms with E-state index in [0.29, 0.717) is 12.2 Å². The van der Waals surface area contributed by atoms with Crippen molar-refractivity contribution in [1.29, 1.82) is 0 Å². The first kappa shape index (κ1) is 22.3. The number of fused-ring (bicyclic) bond motifs is 1. The van der Waals surface area contributed by atoms with Crippen LogP contribution in [0.25, 0.3) is 5.65 Å². The van der Waals surface area contributed by atoms with E-state index < -0.39 is 0 Å². The Morgan fingerprint density at radius 2 is 1.81 bits per heavy atom. The molecule has 32 heavy (non-hydrogen) atoms. The van der Waals surface area contributed by atoms with E-state index in [0.717, 1.165) is 48.6 Å². The van der Waals surface area contributed by atoms with Crippen LogP contribution in [0.15, 0.2) is 42.6 Å². The number of aromatic nitrogens is 2. The molecule has 0 unspecified atom stereocenters. The Morgan fingerprint density at radius 1 is 1.12 bits per heavy atom. The Kier molecular flexibility index (Phi) is 6.80. The van der Waals surface area contributed by atoms with Crippen molar-refractivity contribution in [1.82, 2.24) is 19.2 Å². The number of carbonyl (C=O) groups is 1. The Labute approximate surface area is 190 Å². The number of nitrogens with zero attached hydrogens (tertiary/aromatic N) is 4. The molecule has 0 aliphatic carbocycles. The summed E-state index contributed by atoms with van der Waals surface area (Å²) in [6.45, 7) is 6.52. The van der Waals surface area contributed by atoms with Crippen molar-refractivity contribution in [3.63, 3.8) is 0 Å². The zero-order valence-corrected chi connectivity index (χ0v) is 19.7. The highest BCUT2D eigenvalue weighted by Crippen LogP contribution is 2.25. The lowest BCUT2D eigenvalue weighted by Crippen LogP contribution is -2.33. The summed E-state index contributed by atoms with van der Waals surface area (Å²) in [4.78, 5) is 22.6. The zero-order valence-electron chi connectivity index (χ0n) is 19.7. The molecule has 4 rings (SSSR count). The number of imidazole rings is 1. The van der Waals surface area contributed by atoms with Crippen molar-refractivity contribution in [3.05, 3.63) is 65.1 Å². The maximum atomic E-state index is 13.5. The number of aryl methyl sites for hydroxylation is 1. The summed E-state index contributed by atoms with van der Waals surface area (Å²) in [5.74, 6) is 0.917. The van der Waals surface area contributed by atoms with Crippen molar-refractivity contribution in [3.8, 4) is 5.75 Å². The van der Waals surface area contributed by atoms with E-state index in [2.05, 4.69) is 54.5 Å². The first-order valence-corrected chi connectivity index (χ1v) is 11.6. The van der Waals surface area contributed by atoms with Crippen molar-refractivity contribution in [2.24, 2.45) is 0 Å². The summed E-state index contributed by atoms with van der Waals surface area (Å²) in [5, 5.41) is 0. The Morgan fingerprint density at radius 3 is 2.47 bits per heavy atom. The molecule has 1 amide bonds. The molecule has 2 aromatic heterocycles. The Bertz CT molecular complexity index is 1070. The number of amides is 1. The molecule has 1 saturated heterocycles. The van der Waals surface area contributed by atoms with Gasteiger partial charge in [-0.1, -0.05) is 25.0 Å². The predicted molar refractivity (Wildman–Crippen MR) is 127 cm³/mol. The second kappa shape index (κ2) is 9.74. The molecule has 1 atom stereocenters. The largest absolute Gasteiger partial charge is 0.497 e. The quantitative estimate of drug-likeness (QED) is 0.556. The van der Waals surface area contributed by atoms with Crippen molar-refractivity contribution < 1.29 is 9.53 Å². The molecule has 6 heteroatoms. The van der Waals surface area contributed by atoms with Gasteiger partial charge in [-0.2, -0.15) is 0 Å². The van der Waals surface area contributed by atoms with Crippen LogP contribution in [-0.2, 0) is 6.54 Å².